The molecule has 1 heteroatoms. The van der Waals surface area contributed by atoms with Crippen LogP contribution in [0.25, 0.3) is 5.57 Å². The lowest BCUT2D eigenvalue weighted by molar-refractivity contribution is 0.184. The van der Waals surface area contributed by atoms with Crippen molar-refractivity contribution in [1.82, 2.24) is 4.90 Å². The average Bonchev–Trinajstić information content (AvgIpc) is 2.69. The second-order valence-electron chi connectivity index (χ2n) is 4.92. The second-order valence-corrected chi connectivity index (χ2v) is 4.92. The highest BCUT2D eigenvalue weighted by molar-refractivity contribution is 5.72. The first-order chi connectivity index (χ1) is 7.88. The molecule has 2 atom stereocenters. The highest BCUT2D eigenvalue weighted by Crippen LogP contribution is 2.40. The number of likely N-dealkylation sites (tertiary alicyclic amines) is 1. The van der Waals surface area contributed by atoms with Crippen LogP contribution in [0, 0.1) is 5.92 Å². The summed E-state index contributed by atoms with van der Waals surface area (Å²) in [4.78, 5) is 2.63. The van der Waals surface area contributed by atoms with E-state index >= 15 is 0 Å². The van der Waals surface area contributed by atoms with Crippen LogP contribution in [0.5, 0.6) is 0 Å². The number of rotatable bonds is 2. The van der Waals surface area contributed by atoms with Gasteiger partial charge in [-0.3, -0.25) is 4.90 Å². The Balaban J connectivity index is 1.94. The zero-order chi connectivity index (χ0) is 11.0. The standard InChI is InChI=1S/C15H19N/c1-2-16-9-8-12-10-14(15(16)11-12)13-6-4-3-5-7-13/h3-7,10,12,15H,2,8-9,11H2,1H3. The summed E-state index contributed by atoms with van der Waals surface area (Å²) >= 11 is 0. The smallest absolute Gasteiger partial charge is 0.0356 e. The molecule has 1 nitrogen and oxygen atoms in total. The fraction of sp³-hybridized carbons (Fsp3) is 0.467. The molecule has 84 valence electrons. The predicted molar refractivity (Wildman–Crippen MR) is 68.2 cm³/mol. The molecule has 16 heavy (non-hydrogen) atoms. The fourth-order valence-electron chi connectivity index (χ4n) is 3.18. The van der Waals surface area contributed by atoms with Gasteiger partial charge in [0.1, 0.15) is 0 Å². The molecule has 0 radical (unpaired) electrons. The monoisotopic (exact) mass is 213 g/mol. The Labute approximate surface area is 97.8 Å². The highest BCUT2D eigenvalue weighted by Gasteiger charge is 2.34. The molecule has 0 saturated carbocycles. The van der Waals surface area contributed by atoms with E-state index < -0.39 is 0 Å². The predicted octanol–water partition coefficient (Wildman–Crippen LogP) is 3.18. The molecule has 0 amide bonds. The number of fused-ring (bicyclic) bond motifs is 2. The highest BCUT2D eigenvalue weighted by atomic mass is 15.2. The molecule has 1 aliphatic heterocycles. The van der Waals surface area contributed by atoms with E-state index in [2.05, 4.69) is 48.2 Å². The Morgan fingerprint density at radius 2 is 2.06 bits per heavy atom. The number of nitrogens with zero attached hydrogens (tertiary/aromatic N) is 1. The summed E-state index contributed by atoms with van der Waals surface area (Å²) in [7, 11) is 0. The van der Waals surface area contributed by atoms with Gasteiger partial charge in [-0.25, -0.2) is 0 Å². The van der Waals surface area contributed by atoms with Crippen LogP contribution in [0.1, 0.15) is 25.3 Å². The van der Waals surface area contributed by atoms with Crippen molar-refractivity contribution in [2.45, 2.75) is 25.8 Å². The molecular formula is C15H19N. The fourth-order valence-corrected chi connectivity index (χ4v) is 3.18. The van der Waals surface area contributed by atoms with Crippen LogP contribution in [-0.2, 0) is 0 Å². The van der Waals surface area contributed by atoms with Crippen LogP contribution in [0.2, 0.25) is 0 Å². The first-order valence-electron chi connectivity index (χ1n) is 6.39. The van der Waals surface area contributed by atoms with Crippen LogP contribution >= 0.6 is 0 Å². The van der Waals surface area contributed by atoms with Gasteiger partial charge in [-0.05, 0) is 43.0 Å². The number of likely N-dealkylation sites (N-methyl/N-ethyl adjacent to an activating group) is 1. The van der Waals surface area contributed by atoms with Gasteiger partial charge in [-0.2, -0.15) is 0 Å². The van der Waals surface area contributed by atoms with Gasteiger partial charge in [-0.15, -0.1) is 0 Å². The molecule has 2 bridgehead atoms. The van der Waals surface area contributed by atoms with Crippen molar-refractivity contribution >= 4 is 5.57 Å². The average molecular weight is 213 g/mol. The number of hydrogen-bond acceptors (Lipinski definition) is 1. The molecule has 1 heterocycles. The van der Waals surface area contributed by atoms with Crippen molar-refractivity contribution in [3.63, 3.8) is 0 Å². The summed E-state index contributed by atoms with van der Waals surface area (Å²) in [6, 6.07) is 11.6. The Bertz CT molecular complexity index is 393. The summed E-state index contributed by atoms with van der Waals surface area (Å²) < 4.78 is 0. The van der Waals surface area contributed by atoms with Gasteiger partial charge < -0.3 is 0 Å². The first kappa shape index (κ1) is 10.1. The zero-order valence-corrected chi connectivity index (χ0v) is 9.89. The summed E-state index contributed by atoms with van der Waals surface area (Å²) in [5, 5.41) is 0. The quantitative estimate of drug-likeness (QED) is 0.729. The minimum absolute atomic E-state index is 0.686. The maximum Gasteiger partial charge on any atom is 0.0356 e. The summed E-state index contributed by atoms with van der Waals surface area (Å²) in [5.41, 5.74) is 3.00. The second kappa shape index (κ2) is 4.06. The van der Waals surface area contributed by atoms with Crippen molar-refractivity contribution in [2.24, 2.45) is 5.92 Å². The van der Waals surface area contributed by atoms with Gasteiger partial charge >= 0.3 is 0 Å². The van der Waals surface area contributed by atoms with Gasteiger partial charge in [0.15, 0.2) is 0 Å². The lowest BCUT2D eigenvalue weighted by atomic mass is 9.95. The van der Waals surface area contributed by atoms with E-state index in [0.29, 0.717) is 6.04 Å². The maximum atomic E-state index is 2.63. The molecule has 2 aliphatic rings. The van der Waals surface area contributed by atoms with Gasteiger partial charge in [0.2, 0.25) is 0 Å². The number of piperidine rings is 1. The molecule has 1 aromatic carbocycles. The van der Waals surface area contributed by atoms with Gasteiger partial charge in [0, 0.05) is 6.04 Å². The Kier molecular flexibility index (Phi) is 2.56. The normalized spacial score (nSPS) is 29.2. The third kappa shape index (κ3) is 1.60. The molecule has 2 unspecified atom stereocenters. The first-order valence-corrected chi connectivity index (χ1v) is 6.39. The zero-order valence-electron chi connectivity index (χ0n) is 9.89. The Morgan fingerprint density at radius 1 is 1.25 bits per heavy atom. The van der Waals surface area contributed by atoms with Crippen molar-refractivity contribution in [3.8, 4) is 0 Å². The summed E-state index contributed by atoms with van der Waals surface area (Å²) in [6.07, 6.45) is 5.22. The van der Waals surface area contributed by atoms with E-state index in [-0.39, 0.29) is 0 Å². The van der Waals surface area contributed by atoms with Gasteiger partial charge in [0.05, 0.1) is 0 Å². The largest absolute Gasteiger partial charge is 0.297 e. The molecule has 1 fully saturated rings. The maximum absolute atomic E-state index is 2.63. The minimum atomic E-state index is 0.686. The van der Waals surface area contributed by atoms with Crippen LogP contribution < -0.4 is 0 Å². The molecule has 1 saturated heterocycles. The number of benzene rings is 1. The van der Waals surface area contributed by atoms with E-state index in [9.17, 15) is 0 Å². The summed E-state index contributed by atoms with van der Waals surface area (Å²) in [6.45, 7) is 4.74. The van der Waals surface area contributed by atoms with Crippen molar-refractivity contribution in [2.75, 3.05) is 13.1 Å². The number of allylic oxidation sites excluding steroid dienone is 1. The number of hydrogen-bond donors (Lipinski definition) is 0. The topological polar surface area (TPSA) is 3.24 Å². The molecule has 3 rings (SSSR count). The lowest BCUT2D eigenvalue weighted by Gasteiger charge is -2.34. The molecule has 1 aliphatic carbocycles. The van der Waals surface area contributed by atoms with E-state index in [1.54, 1.807) is 5.57 Å². The minimum Gasteiger partial charge on any atom is -0.297 e. The van der Waals surface area contributed by atoms with Crippen LogP contribution in [0.15, 0.2) is 36.4 Å². The summed E-state index contributed by atoms with van der Waals surface area (Å²) in [5.74, 6) is 0.836. The van der Waals surface area contributed by atoms with Crippen molar-refractivity contribution in [1.29, 1.82) is 0 Å². The molecule has 0 spiro atoms. The molecule has 0 aromatic heterocycles. The van der Waals surface area contributed by atoms with Crippen LogP contribution in [0.3, 0.4) is 0 Å². The Hall–Kier alpha value is -1.08. The van der Waals surface area contributed by atoms with E-state index in [1.165, 1.54) is 31.5 Å². The van der Waals surface area contributed by atoms with Gasteiger partial charge in [-0.1, -0.05) is 43.3 Å². The molecular weight excluding hydrogens is 194 g/mol. The SMILES string of the molecule is CCN1CCC2C=C(c3ccccc3)C1C2. The third-order valence-electron chi connectivity index (χ3n) is 4.04. The lowest BCUT2D eigenvalue weighted by Crippen LogP contribution is -2.39. The van der Waals surface area contributed by atoms with Crippen LogP contribution in [0.4, 0.5) is 0 Å². The molecule has 0 N–H and O–H groups in total. The van der Waals surface area contributed by atoms with Crippen molar-refractivity contribution in [3.05, 3.63) is 42.0 Å². The van der Waals surface area contributed by atoms with E-state index in [1.807, 2.05) is 0 Å². The van der Waals surface area contributed by atoms with Gasteiger partial charge in [0.25, 0.3) is 0 Å². The van der Waals surface area contributed by atoms with Crippen molar-refractivity contribution < 1.29 is 0 Å². The Morgan fingerprint density at radius 3 is 2.81 bits per heavy atom. The van der Waals surface area contributed by atoms with E-state index in [0.717, 1.165) is 5.92 Å². The third-order valence-corrected chi connectivity index (χ3v) is 4.04. The van der Waals surface area contributed by atoms with E-state index in [4.69, 9.17) is 0 Å². The van der Waals surface area contributed by atoms with Crippen LogP contribution in [-0.4, -0.2) is 24.0 Å². The molecule has 1 aromatic rings.